The predicted molar refractivity (Wildman–Crippen MR) is 92.3 cm³/mol. The van der Waals surface area contributed by atoms with E-state index in [1.807, 2.05) is 19.1 Å². The van der Waals surface area contributed by atoms with Crippen molar-refractivity contribution in [3.63, 3.8) is 0 Å². The number of nitrogens with zero attached hydrogens (tertiary/aromatic N) is 1. The molecule has 6 nitrogen and oxygen atoms in total. The van der Waals surface area contributed by atoms with Crippen LogP contribution in [0.2, 0.25) is 0 Å². The standard InChI is InChI=1S/C18H24N4O2/c1-12-6-7-15-14(10-12)16(22-21-15)11-19-17(23)8-9-18(24)20-13-4-2-3-5-13/h6-7,10,13H,2-5,8-9,11H2,1H3,(H,19,23)(H,20,24)(H,21,22). The van der Waals surface area contributed by atoms with Crippen molar-refractivity contribution in [3.8, 4) is 0 Å². The van der Waals surface area contributed by atoms with Gasteiger partial charge in [-0.3, -0.25) is 14.7 Å². The molecule has 1 aliphatic rings. The minimum Gasteiger partial charge on any atom is -0.353 e. The molecule has 0 saturated heterocycles. The molecule has 1 saturated carbocycles. The Kier molecular flexibility index (Phi) is 5.13. The zero-order chi connectivity index (χ0) is 16.9. The van der Waals surface area contributed by atoms with Crippen LogP contribution in [-0.2, 0) is 16.1 Å². The van der Waals surface area contributed by atoms with Crippen LogP contribution in [0.4, 0.5) is 0 Å². The molecule has 2 amide bonds. The number of hydrogen-bond acceptors (Lipinski definition) is 3. The molecule has 1 heterocycles. The molecule has 2 aromatic rings. The van der Waals surface area contributed by atoms with E-state index in [1.165, 1.54) is 12.8 Å². The fourth-order valence-corrected chi connectivity index (χ4v) is 3.18. The molecular formula is C18H24N4O2. The Hall–Kier alpha value is -2.37. The van der Waals surface area contributed by atoms with Crippen LogP contribution < -0.4 is 10.6 Å². The summed E-state index contributed by atoms with van der Waals surface area (Å²) in [5, 5.41) is 14.1. The maximum atomic E-state index is 12.0. The van der Waals surface area contributed by atoms with Crippen molar-refractivity contribution in [2.24, 2.45) is 0 Å². The minimum atomic E-state index is -0.119. The van der Waals surface area contributed by atoms with Crippen LogP contribution in [0.3, 0.4) is 0 Å². The summed E-state index contributed by atoms with van der Waals surface area (Å²) in [6, 6.07) is 6.32. The van der Waals surface area contributed by atoms with E-state index in [4.69, 9.17) is 0 Å². The Morgan fingerprint density at radius 1 is 1.21 bits per heavy atom. The number of carbonyl (C=O) groups is 2. The van der Waals surface area contributed by atoms with E-state index in [1.54, 1.807) is 0 Å². The minimum absolute atomic E-state index is 0.0281. The van der Waals surface area contributed by atoms with Crippen LogP contribution in [-0.4, -0.2) is 28.1 Å². The highest BCUT2D eigenvalue weighted by Crippen LogP contribution is 2.18. The largest absolute Gasteiger partial charge is 0.353 e. The third-order valence-corrected chi connectivity index (χ3v) is 4.55. The van der Waals surface area contributed by atoms with Crippen molar-refractivity contribution in [1.29, 1.82) is 0 Å². The summed E-state index contributed by atoms with van der Waals surface area (Å²) >= 11 is 0. The molecule has 1 fully saturated rings. The maximum Gasteiger partial charge on any atom is 0.220 e. The van der Waals surface area contributed by atoms with Crippen LogP contribution in [0, 0.1) is 6.92 Å². The summed E-state index contributed by atoms with van der Waals surface area (Å²) in [6.45, 7) is 2.42. The fraction of sp³-hybridized carbons (Fsp3) is 0.500. The van der Waals surface area contributed by atoms with Crippen LogP contribution in [0.5, 0.6) is 0 Å². The Morgan fingerprint density at radius 3 is 2.75 bits per heavy atom. The van der Waals surface area contributed by atoms with Crippen molar-refractivity contribution < 1.29 is 9.59 Å². The number of fused-ring (bicyclic) bond motifs is 1. The van der Waals surface area contributed by atoms with Gasteiger partial charge in [-0.1, -0.05) is 24.5 Å². The van der Waals surface area contributed by atoms with Crippen LogP contribution in [0.1, 0.15) is 49.8 Å². The Morgan fingerprint density at radius 2 is 1.96 bits per heavy atom. The Bertz CT molecular complexity index is 732. The first-order chi connectivity index (χ1) is 11.6. The smallest absolute Gasteiger partial charge is 0.220 e. The second-order valence-corrected chi connectivity index (χ2v) is 6.55. The lowest BCUT2D eigenvalue weighted by Gasteiger charge is -2.11. The van der Waals surface area contributed by atoms with E-state index >= 15 is 0 Å². The van der Waals surface area contributed by atoms with Gasteiger partial charge in [-0.15, -0.1) is 0 Å². The second kappa shape index (κ2) is 7.47. The average Bonchev–Trinajstić information content (AvgIpc) is 3.20. The molecule has 0 spiro atoms. The molecule has 3 rings (SSSR count). The first-order valence-electron chi connectivity index (χ1n) is 8.61. The van der Waals surface area contributed by atoms with Gasteiger partial charge in [0.2, 0.25) is 11.8 Å². The number of aromatic nitrogens is 2. The summed E-state index contributed by atoms with van der Waals surface area (Å²) in [6.07, 6.45) is 4.94. The quantitative estimate of drug-likeness (QED) is 0.760. The van der Waals surface area contributed by atoms with Gasteiger partial charge in [-0.05, 0) is 31.9 Å². The molecule has 1 aromatic carbocycles. The molecule has 24 heavy (non-hydrogen) atoms. The summed E-state index contributed by atoms with van der Waals surface area (Å²) < 4.78 is 0. The van der Waals surface area contributed by atoms with Gasteiger partial charge >= 0.3 is 0 Å². The van der Waals surface area contributed by atoms with Gasteiger partial charge in [-0.25, -0.2) is 0 Å². The van der Waals surface area contributed by atoms with Crippen molar-refractivity contribution >= 4 is 22.7 Å². The summed E-state index contributed by atoms with van der Waals surface area (Å²) in [5.41, 5.74) is 2.93. The van der Waals surface area contributed by atoms with Gasteiger partial charge in [0.1, 0.15) is 0 Å². The number of amides is 2. The van der Waals surface area contributed by atoms with Crippen molar-refractivity contribution in [2.45, 2.75) is 58.0 Å². The first kappa shape index (κ1) is 16.5. The third-order valence-electron chi connectivity index (χ3n) is 4.55. The van der Waals surface area contributed by atoms with Crippen LogP contribution in [0.25, 0.3) is 10.9 Å². The normalized spacial score (nSPS) is 14.9. The molecule has 0 aliphatic heterocycles. The van der Waals surface area contributed by atoms with E-state index in [9.17, 15) is 9.59 Å². The predicted octanol–water partition coefficient (Wildman–Crippen LogP) is 2.33. The molecule has 0 bridgehead atoms. The SMILES string of the molecule is Cc1ccc2n[nH]c(CNC(=O)CCC(=O)NC3CCCC3)c2c1. The number of aryl methyl sites for hydroxylation is 1. The molecule has 0 atom stereocenters. The summed E-state index contributed by atoms with van der Waals surface area (Å²) in [7, 11) is 0. The topological polar surface area (TPSA) is 86.9 Å². The Labute approximate surface area is 141 Å². The molecule has 0 radical (unpaired) electrons. The molecular weight excluding hydrogens is 304 g/mol. The first-order valence-corrected chi connectivity index (χ1v) is 8.61. The van der Waals surface area contributed by atoms with E-state index in [2.05, 4.69) is 26.9 Å². The Balaban J connectivity index is 1.44. The summed E-state index contributed by atoms with van der Waals surface area (Å²) in [5.74, 6) is -0.147. The van der Waals surface area contributed by atoms with Crippen LogP contribution in [0.15, 0.2) is 18.2 Å². The van der Waals surface area contributed by atoms with Crippen LogP contribution >= 0.6 is 0 Å². The number of carbonyl (C=O) groups excluding carboxylic acids is 2. The van der Waals surface area contributed by atoms with E-state index in [0.717, 1.165) is 35.0 Å². The lowest BCUT2D eigenvalue weighted by Crippen LogP contribution is -2.33. The third kappa shape index (κ3) is 4.13. The highest BCUT2D eigenvalue weighted by molar-refractivity contribution is 5.85. The number of nitrogens with one attached hydrogen (secondary N) is 3. The number of aromatic amines is 1. The van der Waals surface area contributed by atoms with E-state index in [0.29, 0.717) is 12.6 Å². The van der Waals surface area contributed by atoms with E-state index in [-0.39, 0.29) is 24.7 Å². The van der Waals surface area contributed by atoms with Gasteiger partial charge in [0.25, 0.3) is 0 Å². The van der Waals surface area contributed by atoms with Gasteiger partial charge in [0.05, 0.1) is 17.8 Å². The van der Waals surface area contributed by atoms with Crippen molar-refractivity contribution in [3.05, 3.63) is 29.5 Å². The van der Waals surface area contributed by atoms with Crippen molar-refractivity contribution in [1.82, 2.24) is 20.8 Å². The maximum absolute atomic E-state index is 12.0. The van der Waals surface area contributed by atoms with E-state index < -0.39 is 0 Å². The molecule has 1 aromatic heterocycles. The monoisotopic (exact) mass is 328 g/mol. The molecule has 1 aliphatic carbocycles. The molecule has 6 heteroatoms. The highest BCUT2D eigenvalue weighted by atomic mass is 16.2. The lowest BCUT2D eigenvalue weighted by molar-refractivity contribution is -0.126. The fourth-order valence-electron chi connectivity index (χ4n) is 3.18. The molecule has 3 N–H and O–H groups in total. The van der Waals surface area contributed by atoms with Crippen molar-refractivity contribution in [2.75, 3.05) is 0 Å². The highest BCUT2D eigenvalue weighted by Gasteiger charge is 2.17. The molecule has 0 unspecified atom stereocenters. The second-order valence-electron chi connectivity index (χ2n) is 6.55. The number of benzene rings is 1. The van der Waals surface area contributed by atoms with Gasteiger partial charge in [0.15, 0.2) is 0 Å². The number of hydrogen-bond donors (Lipinski definition) is 3. The number of H-pyrrole nitrogens is 1. The average molecular weight is 328 g/mol. The number of rotatable bonds is 6. The zero-order valence-electron chi connectivity index (χ0n) is 14.0. The zero-order valence-corrected chi connectivity index (χ0v) is 14.0. The molecule has 128 valence electrons. The van der Waals surface area contributed by atoms with Gasteiger partial charge in [0, 0.05) is 24.3 Å². The van der Waals surface area contributed by atoms with Gasteiger partial charge in [-0.2, -0.15) is 5.10 Å². The lowest BCUT2D eigenvalue weighted by atomic mass is 10.1. The summed E-state index contributed by atoms with van der Waals surface area (Å²) in [4.78, 5) is 23.8. The van der Waals surface area contributed by atoms with Gasteiger partial charge < -0.3 is 10.6 Å².